The van der Waals surface area contributed by atoms with Gasteiger partial charge < -0.3 is 9.80 Å². The lowest BCUT2D eigenvalue weighted by atomic mass is 9.93. The Hall–Kier alpha value is -1.37. The summed E-state index contributed by atoms with van der Waals surface area (Å²) in [5.41, 5.74) is 0.278. The van der Waals surface area contributed by atoms with E-state index in [0.717, 1.165) is 31.6 Å². The summed E-state index contributed by atoms with van der Waals surface area (Å²) in [5.74, 6) is 1.15. The summed E-state index contributed by atoms with van der Waals surface area (Å²) in [7, 11) is 2.09. The van der Waals surface area contributed by atoms with Crippen LogP contribution in [0.3, 0.4) is 0 Å². The third-order valence-corrected chi connectivity index (χ3v) is 5.93. The second-order valence-electron chi connectivity index (χ2n) is 7.99. The van der Waals surface area contributed by atoms with Crippen LogP contribution in [-0.2, 0) is 0 Å². The molecule has 1 fully saturated rings. The molecule has 0 unspecified atom stereocenters. The minimum atomic E-state index is -0.283. The van der Waals surface area contributed by atoms with Crippen molar-refractivity contribution in [2.24, 2.45) is 11.8 Å². The van der Waals surface area contributed by atoms with Gasteiger partial charge in [0, 0.05) is 32.2 Å². The lowest BCUT2D eigenvalue weighted by Crippen LogP contribution is -2.46. The van der Waals surface area contributed by atoms with Gasteiger partial charge in [-0.3, -0.25) is 4.57 Å². The molecule has 1 aliphatic rings. The van der Waals surface area contributed by atoms with Crippen LogP contribution in [0.1, 0.15) is 33.7 Å². The molecule has 1 saturated heterocycles. The largest absolute Gasteiger partial charge is 0.353 e. The molecule has 0 aromatic carbocycles. The molecule has 8 heteroatoms. The van der Waals surface area contributed by atoms with E-state index >= 15 is 0 Å². The van der Waals surface area contributed by atoms with E-state index in [2.05, 4.69) is 54.5 Å². The van der Waals surface area contributed by atoms with Gasteiger partial charge in [-0.25, -0.2) is 9.78 Å². The number of fused-ring (bicyclic) bond motifs is 1. The molecule has 0 spiro atoms. The molecule has 27 heavy (non-hydrogen) atoms. The number of likely N-dealkylation sites (N-methyl/N-ethyl adjacent to an activating group) is 1. The molecule has 6 nitrogen and oxygen atoms in total. The number of hydrogen-bond donors (Lipinski definition) is 0. The van der Waals surface area contributed by atoms with Crippen molar-refractivity contribution in [3.63, 3.8) is 0 Å². The maximum absolute atomic E-state index is 13.1. The van der Waals surface area contributed by atoms with Crippen LogP contribution in [0, 0.1) is 11.8 Å². The molecule has 3 heterocycles. The smallest absolute Gasteiger partial charge is 0.351 e. The number of anilines is 1. The fraction of sp³-hybridized carbons (Fsp3) is 0.632. The Bertz CT molecular complexity index is 880. The molecule has 148 valence electrons. The van der Waals surface area contributed by atoms with Gasteiger partial charge in [0.05, 0.1) is 10.4 Å². The highest BCUT2D eigenvalue weighted by atomic mass is 35.5. The van der Waals surface area contributed by atoms with Crippen LogP contribution in [0.15, 0.2) is 10.9 Å². The molecule has 0 saturated carbocycles. The van der Waals surface area contributed by atoms with Crippen LogP contribution in [-0.4, -0.2) is 52.7 Å². The van der Waals surface area contributed by atoms with Gasteiger partial charge in [-0.2, -0.15) is 4.98 Å². The Morgan fingerprint density at radius 1 is 1.00 bits per heavy atom. The molecule has 0 N–H and O–H groups in total. The highest BCUT2D eigenvalue weighted by molar-refractivity contribution is 6.41. The topological polar surface area (TPSA) is 54.3 Å². The Balaban J connectivity index is 2.27. The van der Waals surface area contributed by atoms with Gasteiger partial charge in [0.1, 0.15) is 16.6 Å². The monoisotopic (exact) mass is 411 g/mol. The maximum Gasteiger partial charge on any atom is 0.351 e. The lowest BCUT2D eigenvalue weighted by Gasteiger charge is -2.34. The maximum atomic E-state index is 13.1. The Morgan fingerprint density at radius 2 is 1.59 bits per heavy atom. The van der Waals surface area contributed by atoms with E-state index in [1.54, 1.807) is 10.6 Å². The van der Waals surface area contributed by atoms with Crippen molar-refractivity contribution in [1.82, 2.24) is 19.4 Å². The minimum Gasteiger partial charge on any atom is -0.353 e. The first kappa shape index (κ1) is 20.4. The van der Waals surface area contributed by atoms with Gasteiger partial charge in [-0.1, -0.05) is 50.9 Å². The molecule has 3 rings (SSSR count). The summed E-state index contributed by atoms with van der Waals surface area (Å²) in [4.78, 5) is 26.5. The summed E-state index contributed by atoms with van der Waals surface area (Å²) < 4.78 is 1.70. The van der Waals surface area contributed by atoms with Crippen LogP contribution < -0.4 is 10.6 Å². The molecule has 0 aliphatic carbocycles. The SMILES string of the molecule is CC(C)C(C(C)C)n1c(=O)nc(N2CCN(C)CC2)c2cc(Cl)c(Cl)nc21. The van der Waals surface area contributed by atoms with Crippen LogP contribution in [0.2, 0.25) is 10.2 Å². The Morgan fingerprint density at radius 3 is 2.15 bits per heavy atom. The second kappa shape index (κ2) is 7.94. The standard InChI is InChI=1S/C19H27Cl2N5O/c1-11(2)15(12(3)4)26-18-13(10-14(20)16(21)22-18)17(23-19(26)27)25-8-6-24(5)7-9-25/h10-12,15H,6-9H2,1-5H3. The van der Waals surface area contributed by atoms with Gasteiger partial charge in [-0.15, -0.1) is 0 Å². The van der Waals surface area contributed by atoms with Crippen LogP contribution in [0.4, 0.5) is 5.82 Å². The number of halogens is 2. The number of nitrogens with zero attached hydrogens (tertiary/aromatic N) is 5. The molecule has 0 amide bonds. The number of piperazine rings is 1. The fourth-order valence-electron chi connectivity index (χ4n) is 4.00. The third kappa shape index (κ3) is 3.93. The fourth-order valence-corrected chi connectivity index (χ4v) is 4.28. The lowest BCUT2D eigenvalue weighted by molar-refractivity contribution is 0.283. The Labute approximate surface area is 170 Å². The Kier molecular flexibility index (Phi) is 5.99. The highest BCUT2D eigenvalue weighted by Gasteiger charge is 2.27. The number of pyridine rings is 1. The first-order chi connectivity index (χ1) is 12.7. The minimum absolute atomic E-state index is 0.0289. The van der Waals surface area contributed by atoms with Crippen molar-refractivity contribution in [1.29, 1.82) is 0 Å². The summed E-state index contributed by atoms with van der Waals surface area (Å²) in [6.45, 7) is 11.9. The molecule has 2 aromatic rings. The van der Waals surface area contributed by atoms with Crippen LogP contribution >= 0.6 is 23.2 Å². The van der Waals surface area contributed by atoms with Gasteiger partial charge in [0.2, 0.25) is 0 Å². The third-order valence-electron chi connectivity index (χ3n) is 5.26. The zero-order valence-corrected chi connectivity index (χ0v) is 18.0. The van der Waals surface area contributed by atoms with E-state index in [0.29, 0.717) is 16.5 Å². The second-order valence-corrected chi connectivity index (χ2v) is 8.75. The van der Waals surface area contributed by atoms with E-state index in [-0.39, 0.29) is 28.7 Å². The van der Waals surface area contributed by atoms with Crippen molar-refractivity contribution in [2.75, 3.05) is 38.1 Å². The molecular formula is C19H27Cl2N5O. The quantitative estimate of drug-likeness (QED) is 0.717. The zero-order chi connectivity index (χ0) is 19.9. The molecule has 0 atom stereocenters. The summed E-state index contributed by atoms with van der Waals surface area (Å²) in [5, 5.41) is 1.36. The molecule has 0 radical (unpaired) electrons. The summed E-state index contributed by atoms with van der Waals surface area (Å²) in [6, 6.07) is 1.76. The van der Waals surface area contributed by atoms with Gasteiger partial charge in [-0.05, 0) is 24.9 Å². The van der Waals surface area contributed by atoms with Crippen LogP contribution in [0.5, 0.6) is 0 Å². The molecular weight excluding hydrogens is 385 g/mol. The molecule has 0 bridgehead atoms. The highest BCUT2D eigenvalue weighted by Crippen LogP contribution is 2.33. The first-order valence-corrected chi connectivity index (χ1v) is 10.2. The summed E-state index contributed by atoms with van der Waals surface area (Å²) in [6.07, 6.45) is 0. The van der Waals surface area contributed by atoms with E-state index in [9.17, 15) is 4.79 Å². The van der Waals surface area contributed by atoms with Crippen molar-refractivity contribution >= 4 is 40.1 Å². The molecule has 1 aliphatic heterocycles. The van der Waals surface area contributed by atoms with E-state index in [4.69, 9.17) is 23.2 Å². The number of rotatable bonds is 4. The summed E-state index contributed by atoms with van der Waals surface area (Å²) >= 11 is 12.5. The van der Waals surface area contributed by atoms with E-state index < -0.39 is 0 Å². The normalized spacial score (nSPS) is 16.3. The predicted octanol–water partition coefficient (Wildman–Crippen LogP) is 3.70. The average Bonchev–Trinajstić information content (AvgIpc) is 2.59. The van der Waals surface area contributed by atoms with Crippen molar-refractivity contribution < 1.29 is 0 Å². The van der Waals surface area contributed by atoms with Gasteiger partial charge >= 0.3 is 5.69 Å². The average molecular weight is 412 g/mol. The van der Waals surface area contributed by atoms with Crippen molar-refractivity contribution in [2.45, 2.75) is 33.7 Å². The number of hydrogen-bond acceptors (Lipinski definition) is 5. The zero-order valence-electron chi connectivity index (χ0n) is 16.5. The molecule has 2 aromatic heterocycles. The van der Waals surface area contributed by atoms with E-state index in [1.165, 1.54) is 0 Å². The first-order valence-electron chi connectivity index (χ1n) is 9.42. The van der Waals surface area contributed by atoms with Crippen LogP contribution in [0.25, 0.3) is 11.0 Å². The predicted molar refractivity (Wildman–Crippen MR) is 112 cm³/mol. The van der Waals surface area contributed by atoms with Gasteiger partial charge in [0.25, 0.3) is 0 Å². The number of aromatic nitrogens is 3. The van der Waals surface area contributed by atoms with Crippen molar-refractivity contribution in [3.8, 4) is 0 Å². The van der Waals surface area contributed by atoms with Crippen molar-refractivity contribution in [3.05, 3.63) is 26.7 Å². The van der Waals surface area contributed by atoms with E-state index in [1.807, 2.05) is 0 Å². The van der Waals surface area contributed by atoms with Gasteiger partial charge in [0.15, 0.2) is 0 Å².